The molecule has 0 aliphatic carbocycles. The number of nitro benzene ring substituents is 1. The van der Waals surface area contributed by atoms with Crippen molar-refractivity contribution in [1.29, 1.82) is 0 Å². The zero-order chi connectivity index (χ0) is 16.8. The molecule has 23 heavy (non-hydrogen) atoms. The van der Waals surface area contributed by atoms with Gasteiger partial charge in [0.2, 0.25) is 5.75 Å². The van der Waals surface area contributed by atoms with E-state index in [1.54, 1.807) is 20.1 Å². The van der Waals surface area contributed by atoms with Crippen LogP contribution in [0.4, 0.5) is 5.69 Å². The SMILES string of the molecule is COc1ccc(CCC(=O)Oc2cc(C)ccc2[N+](=O)[O-])cc1. The smallest absolute Gasteiger partial charge is 0.311 e. The Balaban J connectivity index is 1.99. The summed E-state index contributed by atoms with van der Waals surface area (Å²) in [5.74, 6) is 0.218. The molecular formula is C17H17NO5. The Kier molecular flexibility index (Phi) is 5.30. The van der Waals surface area contributed by atoms with Crippen molar-refractivity contribution in [1.82, 2.24) is 0 Å². The molecule has 0 unspecified atom stereocenters. The summed E-state index contributed by atoms with van der Waals surface area (Å²) >= 11 is 0. The molecule has 120 valence electrons. The molecule has 0 amide bonds. The highest BCUT2D eigenvalue weighted by atomic mass is 16.6. The number of hydrogen-bond acceptors (Lipinski definition) is 5. The molecule has 2 aromatic carbocycles. The normalized spacial score (nSPS) is 10.2. The van der Waals surface area contributed by atoms with Crippen LogP contribution in [0.1, 0.15) is 17.5 Å². The Morgan fingerprint density at radius 1 is 1.17 bits per heavy atom. The van der Waals surface area contributed by atoms with Crippen LogP contribution in [0.25, 0.3) is 0 Å². The molecule has 0 saturated carbocycles. The van der Waals surface area contributed by atoms with Gasteiger partial charge in [0.25, 0.3) is 0 Å². The molecule has 6 nitrogen and oxygen atoms in total. The number of hydrogen-bond donors (Lipinski definition) is 0. The lowest BCUT2D eigenvalue weighted by Crippen LogP contribution is -2.10. The number of aryl methyl sites for hydroxylation is 2. The van der Waals surface area contributed by atoms with Gasteiger partial charge in [-0.25, -0.2) is 0 Å². The number of carbonyl (C=O) groups excluding carboxylic acids is 1. The van der Waals surface area contributed by atoms with E-state index in [1.165, 1.54) is 12.1 Å². The molecule has 0 spiro atoms. The quantitative estimate of drug-likeness (QED) is 0.353. The van der Waals surface area contributed by atoms with Crippen LogP contribution in [0.15, 0.2) is 42.5 Å². The maximum Gasteiger partial charge on any atom is 0.311 e. The van der Waals surface area contributed by atoms with E-state index in [4.69, 9.17) is 9.47 Å². The lowest BCUT2D eigenvalue weighted by atomic mass is 10.1. The van der Waals surface area contributed by atoms with Crippen LogP contribution < -0.4 is 9.47 Å². The number of ether oxygens (including phenoxy) is 2. The molecule has 0 aromatic heterocycles. The van der Waals surface area contributed by atoms with Gasteiger partial charge < -0.3 is 9.47 Å². The standard InChI is InChI=1S/C17H17NO5/c1-12-3-9-15(18(20)21)16(11-12)23-17(19)10-6-13-4-7-14(22-2)8-5-13/h3-5,7-9,11H,6,10H2,1-2H3. The second kappa shape index (κ2) is 7.40. The summed E-state index contributed by atoms with van der Waals surface area (Å²) in [7, 11) is 1.58. The molecule has 0 heterocycles. The first-order valence-electron chi connectivity index (χ1n) is 7.08. The van der Waals surface area contributed by atoms with Crippen LogP contribution >= 0.6 is 0 Å². The van der Waals surface area contributed by atoms with Gasteiger partial charge in [0, 0.05) is 12.5 Å². The summed E-state index contributed by atoms with van der Waals surface area (Å²) in [6.45, 7) is 1.78. The van der Waals surface area contributed by atoms with Crippen LogP contribution in [0.2, 0.25) is 0 Å². The minimum Gasteiger partial charge on any atom is -0.497 e. The highest BCUT2D eigenvalue weighted by Gasteiger charge is 2.18. The molecule has 0 bridgehead atoms. The van der Waals surface area contributed by atoms with E-state index >= 15 is 0 Å². The van der Waals surface area contributed by atoms with E-state index in [-0.39, 0.29) is 17.9 Å². The Labute approximate surface area is 133 Å². The number of nitrogens with zero attached hydrogens (tertiary/aromatic N) is 1. The number of esters is 1. The van der Waals surface area contributed by atoms with Crippen LogP contribution in [-0.4, -0.2) is 18.0 Å². The van der Waals surface area contributed by atoms with Crippen molar-refractivity contribution in [3.63, 3.8) is 0 Å². The number of nitro groups is 1. The minimum absolute atomic E-state index is 0.0188. The Morgan fingerprint density at radius 2 is 1.87 bits per heavy atom. The fourth-order valence-electron chi connectivity index (χ4n) is 2.07. The molecule has 0 aliphatic heterocycles. The maximum absolute atomic E-state index is 11.9. The highest BCUT2D eigenvalue weighted by molar-refractivity contribution is 5.74. The third-order valence-corrected chi connectivity index (χ3v) is 3.31. The fraction of sp³-hybridized carbons (Fsp3) is 0.235. The van der Waals surface area contributed by atoms with Gasteiger partial charge in [0.05, 0.1) is 12.0 Å². The molecule has 0 aliphatic rings. The second-order valence-electron chi connectivity index (χ2n) is 5.05. The minimum atomic E-state index is -0.564. The lowest BCUT2D eigenvalue weighted by Gasteiger charge is -2.06. The molecule has 0 N–H and O–H groups in total. The third-order valence-electron chi connectivity index (χ3n) is 3.31. The summed E-state index contributed by atoms with van der Waals surface area (Å²) in [6, 6.07) is 11.8. The van der Waals surface area contributed by atoms with Crippen molar-refractivity contribution < 1.29 is 19.2 Å². The first-order chi connectivity index (χ1) is 11.0. The average Bonchev–Trinajstić information content (AvgIpc) is 2.53. The molecule has 6 heteroatoms. The van der Waals surface area contributed by atoms with Crippen molar-refractivity contribution in [3.8, 4) is 11.5 Å². The van der Waals surface area contributed by atoms with Crippen LogP contribution in [0, 0.1) is 17.0 Å². The number of carbonyl (C=O) groups is 1. The predicted octanol–water partition coefficient (Wildman–Crippen LogP) is 3.45. The van der Waals surface area contributed by atoms with Crippen LogP contribution in [0.5, 0.6) is 11.5 Å². The molecule has 0 atom stereocenters. The van der Waals surface area contributed by atoms with Gasteiger partial charge in [0.1, 0.15) is 5.75 Å². The first kappa shape index (κ1) is 16.5. The van der Waals surface area contributed by atoms with E-state index in [0.29, 0.717) is 6.42 Å². The van der Waals surface area contributed by atoms with Crippen molar-refractivity contribution in [2.75, 3.05) is 7.11 Å². The van der Waals surface area contributed by atoms with E-state index in [2.05, 4.69) is 0 Å². The largest absolute Gasteiger partial charge is 0.497 e. The Morgan fingerprint density at radius 3 is 2.48 bits per heavy atom. The molecule has 2 rings (SSSR count). The number of methoxy groups -OCH3 is 1. The maximum atomic E-state index is 11.9. The monoisotopic (exact) mass is 315 g/mol. The third kappa shape index (κ3) is 4.54. The predicted molar refractivity (Wildman–Crippen MR) is 84.8 cm³/mol. The van der Waals surface area contributed by atoms with E-state index in [0.717, 1.165) is 16.9 Å². The van der Waals surface area contributed by atoms with Gasteiger partial charge in [-0.15, -0.1) is 0 Å². The molecule has 0 saturated heterocycles. The fourth-order valence-corrected chi connectivity index (χ4v) is 2.07. The average molecular weight is 315 g/mol. The van der Waals surface area contributed by atoms with Crippen molar-refractivity contribution in [2.45, 2.75) is 19.8 Å². The lowest BCUT2D eigenvalue weighted by molar-refractivity contribution is -0.385. The highest BCUT2D eigenvalue weighted by Crippen LogP contribution is 2.28. The molecule has 2 aromatic rings. The zero-order valence-electron chi connectivity index (χ0n) is 12.9. The van der Waals surface area contributed by atoms with Gasteiger partial charge in [0.15, 0.2) is 0 Å². The van der Waals surface area contributed by atoms with Gasteiger partial charge in [-0.1, -0.05) is 18.2 Å². The van der Waals surface area contributed by atoms with Gasteiger partial charge in [-0.3, -0.25) is 14.9 Å². The molecular weight excluding hydrogens is 298 g/mol. The Bertz CT molecular complexity index is 709. The molecule has 0 fully saturated rings. The van der Waals surface area contributed by atoms with Crippen molar-refractivity contribution in [3.05, 3.63) is 63.7 Å². The summed E-state index contributed by atoms with van der Waals surface area (Å²) < 4.78 is 10.2. The zero-order valence-corrected chi connectivity index (χ0v) is 12.9. The summed E-state index contributed by atoms with van der Waals surface area (Å²) in [4.78, 5) is 22.3. The second-order valence-corrected chi connectivity index (χ2v) is 5.05. The summed E-state index contributed by atoms with van der Waals surface area (Å²) in [5.41, 5.74) is 1.53. The van der Waals surface area contributed by atoms with E-state index in [9.17, 15) is 14.9 Å². The molecule has 0 radical (unpaired) electrons. The summed E-state index contributed by atoms with van der Waals surface area (Å²) in [6.07, 6.45) is 0.625. The number of rotatable bonds is 6. The van der Waals surface area contributed by atoms with E-state index < -0.39 is 10.9 Å². The van der Waals surface area contributed by atoms with Crippen LogP contribution in [0.3, 0.4) is 0 Å². The van der Waals surface area contributed by atoms with E-state index in [1.807, 2.05) is 24.3 Å². The van der Waals surface area contributed by atoms with Crippen molar-refractivity contribution >= 4 is 11.7 Å². The summed E-state index contributed by atoms with van der Waals surface area (Å²) in [5, 5.41) is 11.0. The van der Waals surface area contributed by atoms with Gasteiger partial charge in [-0.05, 0) is 42.7 Å². The van der Waals surface area contributed by atoms with Gasteiger partial charge >= 0.3 is 11.7 Å². The van der Waals surface area contributed by atoms with Gasteiger partial charge in [-0.2, -0.15) is 0 Å². The topological polar surface area (TPSA) is 78.7 Å². The van der Waals surface area contributed by atoms with Crippen molar-refractivity contribution in [2.24, 2.45) is 0 Å². The Hall–Kier alpha value is -2.89. The first-order valence-corrected chi connectivity index (χ1v) is 7.08. The number of benzene rings is 2. The van der Waals surface area contributed by atoms with Crippen LogP contribution in [-0.2, 0) is 11.2 Å².